The Labute approximate surface area is 162 Å². The number of nitriles is 1. The summed E-state index contributed by atoms with van der Waals surface area (Å²) < 4.78 is 5.85. The summed E-state index contributed by atoms with van der Waals surface area (Å²) in [5.74, 6) is 4.52. The van der Waals surface area contributed by atoms with Crippen molar-refractivity contribution in [2.45, 2.75) is 32.7 Å². The van der Waals surface area contributed by atoms with Crippen LogP contribution in [0.2, 0.25) is 0 Å². The first-order valence-electron chi connectivity index (χ1n) is 9.52. The molecule has 0 aromatic heterocycles. The van der Waals surface area contributed by atoms with Gasteiger partial charge in [-0.15, -0.1) is 6.42 Å². The third kappa shape index (κ3) is 8.02. The smallest absolute Gasteiger partial charge is 0.205 e. The molecule has 1 unspecified atom stereocenters. The Bertz CT molecular complexity index is 689. The molecular weight excluding hydrogens is 338 g/mol. The monoisotopic (exact) mass is 367 g/mol. The maximum absolute atomic E-state index is 8.68. The fourth-order valence-corrected chi connectivity index (χ4v) is 3.19. The van der Waals surface area contributed by atoms with Crippen LogP contribution in [0.4, 0.5) is 0 Å². The van der Waals surface area contributed by atoms with E-state index in [1.54, 1.807) is 0 Å². The van der Waals surface area contributed by atoms with E-state index in [1.807, 2.05) is 12.3 Å². The summed E-state index contributed by atoms with van der Waals surface area (Å²) >= 11 is 0. The van der Waals surface area contributed by atoms with E-state index in [-0.39, 0.29) is 0 Å². The van der Waals surface area contributed by atoms with Crippen LogP contribution in [0.1, 0.15) is 31.7 Å². The SMILES string of the molecule is C#CCNC(=NCCCOc1cccc(CN2CCCC(C)C2)c1)NC#N. The number of terminal acetylenes is 1. The second kappa shape index (κ2) is 11.8. The lowest BCUT2D eigenvalue weighted by atomic mass is 10.00. The molecule has 0 radical (unpaired) electrons. The lowest BCUT2D eigenvalue weighted by Crippen LogP contribution is -2.34. The van der Waals surface area contributed by atoms with Gasteiger partial charge in [0.2, 0.25) is 5.96 Å². The van der Waals surface area contributed by atoms with Crippen molar-refractivity contribution in [2.75, 3.05) is 32.8 Å². The van der Waals surface area contributed by atoms with Crippen molar-refractivity contribution in [3.05, 3.63) is 29.8 Å². The van der Waals surface area contributed by atoms with E-state index in [1.165, 1.54) is 31.5 Å². The van der Waals surface area contributed by atoms with E-state index in [0.29, 0.717) is 25.7 Å². The van der Waals surface area contributed by atoms with E-state index in [9.17, 15) is 0 Å². The van der Waals surface area contributed by atoms with Crippen molar-refractivity contribution >= 4 is 5.96 Å². The molecule has 6 nitrogen and oxygen atoms in total. The van der Waals surface area contributed by atoms with Crippen LogP contribution in [0.3, 0.4) is 0 Å². The second-order valence-electron chi connectivity index (χ2n) is 6.86. The number of ether oxygens (including phenoxy) is 1. The molecule has 6 heteroatoms. The molecule has 1 atom stereocenters. The molecule has 0 saturated carbocycles. The van der Waals surface area contributed by atoms with Gasteiger partial charge in [0.15, 0.2) is 6.19 Å². The predicted molar refractivity (Wildman–Crippen MR) is 108 cm³/mol. The number of hydrogen-bond donors (Lipinski definition) is 2. The molecule has 1 aliphatic heterocycles. The Kier molecular flexibility index (Phi) is 9.03. The minimum absolute atomic E-state index is 0.326. The van der Waals surface area contributed by atoms with Gasteiger partial charge in [0.05, 0.1) is 13.2 Å². The highest BCUT2D eigenvalue weighted by Crippen LogP contribution is 2.20. The van der Waals surface area contributed by atoms with Crippen molar-refractivity contribution < 1.29 is 4.74 Å². The first-order valence-corrected chi connectivity index (χ1v) is 9.52. The molecule has 1 saturated heterocycles. The second-order valence-corrected chi connectivity index (χ2v) is 6.86. The third-order valence-electron chi connectivity index (χ3n) is 4.42. The summed E-state index contributed by atoms with van der Waals surface area (Å²) in [6.45, 7) is 7.11. The van der Waals surface area contributed by atoms with Gasteiger partial charge in [-0.05, 0) is 43.0 Å². The Balaban J connectivity index is 1.74. The molecule has 1 aromatic carbocycles. The summed E-state index contributed by atoms with van der Waals surface area (Å²) in [6, 6.07) is 8.32. The Morgan fingerprint density at radius 3 is 3.15 bits per heavy atom. The van der Waals surface area contributed by atoms with Gasteiger partial charge in [0.25, 0.3) is 0 Å². The molecule has 0 spiro atoms. The Morgan fingerprint density at radius 1 is 1.48 bits per heavy atom. The van der Waals surface area contributed by atoms with Gasteiger partial charge in [-0.1, -0.05) is 25.0 Å². The summed E-state index contributed by atoms with van der Waals surface area (Å²) in [7, 11) is 0. The van der Waals surface area contributed by atoms with E-state index in [4.69, 9.17) is 16.4 Å². The number of guanidine groups is 1. The van der Waals surface area contributed by atoms with Crippen molar-refractivity contribution in [2.24, 2.45) is 10.9 Å². The zero-order valence-electron chi connectivity index (χ0n) is 16.1. The fraction of sp³-hybridized carbons (Fsp3) is 0.524. The van der Waals surface area contributed by atoms with Crippen LogP contribution in [0, 0.1) is 29.7 Å². The number of likely N-dealkylation sites (tertiary alicyclic amines) is 1. The highest BCUT2D eigenvalue weighted by molar-refractivity contribution is 5.81. The largest absolute Gasteiger partial charge is 0.494 e. The van der Waals surface area contributed by atoms with Gasteiger partial charge in [0, 0.05) is 26.1 Å². The minimum atomic E-state index is 0.326. The van der Waals surface area contributed by atoms with Crippen LogP contribution in [0.15, 0.2) is 29.3 Å². The van der Waals surface area contributed by atoms with Gasteiger partial charge in [0.1, 0.15) is 5.75 Å². The molecular formula is C21H29N5O. The highest BCUT2D eigenvalue weighted by Gasteiger charge is 2.16. The number of nitrogens with zero attached hydrogens (tertiary/aromatic N) is 3. The fourth-order valence-electron chi connectivity index (χ4n) is 3.19. The first kappa shape index (κ1) is 20.6. The molecule has 1 heterocycles. The van der Waals surface area contributed by atoms with Gasteiger partial charge < -0.3 is 10.1 Å². The van der Waals surface area contributed by atoms with Crippen LogP contribution < -0.4 is 15.4 Å². The number of rotatable bonds is 8. The quantitative estimate of drug-likeness (QED) is 0.184. The van der Waals surface area contributed by atoms with Gasteiger partial charge in [-0.25, -0.2) is 0 Å². The highest BCUT2D eigenvalue weighted by atomic mass is 16.5. The molecule has 1 aromatic rings. The molecule has 0 aliphatic carbocycles. The lowest BCUT2D eigenvalue weighted by molar-refractivity contribution is 0.176. The van der Waals surface area contributed by atoms with Crippen molar-refractivity contribution in [3.8, 4) is 24.3 Å². The zero-order valence-corrected chi connectivity index (χ0v) is 16.1. The number of hydrogen-bond acceptors (Lipinski definition) is 4. The van der Waals surface area contributed by atoms with E-state index < -0.39 is 0 Å². The number of aliphatic imine (C=N–C) groups is 1. The van der Waals surface area contributed by atoms with Gasteiger partial charge in [-0.3, -0.25) is 15.2 Å². The topological polar surface area (TPSA) is 72.7 Å². The maximum atomic E-state index is 8.68. The number of nitrogens with one attached hydrogen (secondary N) is 2. The molecule has 0 bridgehead atoms. The van der Waals surface area contributed by atoms with Crippen LogP contribution in [-0.4, -0.2) is 43.6 Å². The van der Waals surface area contributed by atoms with Gasteiger partial charge in [-0.2, -0.15) is 5.26 Å². The third-order valence-corrected chi connectivity index (χ3v) is 4.42. The van der Waals surface area contributed by atoms with E-state index in [0.717, 1.165) is 24.6 Å². The standard InChI is InChI=1S/C21H29N5O/c1-3-10-23-21(25-17-22)24-11-6-13-27-20-9-4-8-19(14-20)16-26-12-5-7-18(2)15-26/h1,4,8-9,14,18H,5-7,10-13,15-16H2,2H3,(H2,23,24,25). The average Bonchev–Trinajstić information content (AvgIpc) is 2.66. The molecule has 1 aliphatic rings. The van der Waals surface area contributed by atoms with E-state index >= 15 is 0 Å². The summed E-state index contributed by atoms with van der Waals surface area (Å²) in [5, 5.41) is 14.0. The molecule has 1 fully saturated rings. The normalized spacial score (nSPS) is 17.6. The number of benzene rings is 1. The molecule has 0 amide bonds. The van der Waals surface area contributed by atoms with Crippen LogP contribution in [0.25, 0.3) is 0 Å². The average molecular weight is 367 g/mol. The van der Waals surface area contributed by atoms with Crippen LogP contribution >= 0.6 is 0 Å². The molecule has 27 heavy (non-hydrogen) atoms. The van der Waals surface area contributed by atoms with Crippen molar-refractivity contribution in [1.29, 1.82) is 5.26 Å². The number of piperidine rings is 1. The molecule has 2 N–H and O–H groups in total. The predicted octanol–water partition coefficient (Wildman–Crippen LogP) is 2.34. The summed E-state index contributed by atoms with van der Waals surface area (Å²) in [4.78, 5) is 6.80. The Morgan fingerprint density at radius 2 is 2.37 bits per heavy atom. The van der Waals surface area contributed by atoms with E-state index in [2.05, 4.69) is 51.6 Å². The Hall–Kier alpha value is -2.70. The van der Waals surface area contributed by atoms with Crippen LogP contribution in [-0.2, 0) is 6.54 Å². The molecule has 144 valence electrons. The maximum Gasteiger partial charge on any atom is 0.205 e. The summed E-state index contributed by atoms with van der Waals surface area (Å²) in [5.41, 5.74) is 1.29. The van der Waals surface area contributed by atoms with Crippen molar-refractivity contribution in [1.82, 2.24) is 15.5 Å². The molecule has 2 rings (SSSR count). The van der Waals surface area contributed by atoms with Crippen molar-refractivity contribution in [3.63, 3.8) is 0 Å². The van der Waals surface area contributed by atoms with Crippen LogP contribution in [0.5, 0.6) is 5.75 Å². The zero-order chi connectivity index (χ0) is 19.3. The van der Waals surface area contributed by atoms with Gasteiger partial charge >= 0.3 is 0 Å². The minimum Gasteiger partial charge on any atom is -0.494 e. The first-order chi connectivity index (χ1) is 13.2. The lowest BCUT2D eigenvalue weighted by Gasteiger charge is -2.30. The summed E-state index contributed by atoms with van der Waals surface area (Å²) in [6.07, 6.45) is 10.4.